The van der Waals surface area contributed by atoms with Crippen LogP contribution in [0.2, 0.25) is 0 Å². The fourth-order valence-corrected chi connectivity index (χ4v) is 3.83. The van der Waals surface area contributed by atoms with Crippen molar-refractivity contribution >= 4 is 11.8 Å². The lowest BCUT2D eigenvalue weighted by Gasteiger charge is -2.31. The minimum atomic E-state index is -0.237. The summed E-state index contributed by atoms with van der Waals surface area (Å²) in [7, 11) is 0. The number of rotatable bonds is 7. The van der Waals surface area contributed by atoms with E-state index in [0.29, 0.717) is 50.9 Å². The second-order valence-corrected chi connectivity index (χ2v) is 7.78. The number of carbonyl (C=O) groups is 2. The molecule has 154 valence electrons. The Bertz CT molecular complexity index is 844. The molecule has 1 N–H and O–H groups in total. The van der Waals surface area contributed by atoms with Crippen LogP contribution in [-0.2, 0) is 22.4 Å². The average molecular weight is 397 g/mol. The van der Waals surface area contributed by atoms with Gasteiger partial charge in [0.2, 0.25) is 11.8 Å². The molecule has 2 aromatic rings. The van der Waals surface area contributed by atoms with Crippen LogP contribution >= 0.6 is 0 Å². The molecule has 0 unspecified atom stereocenters. The van der Waals surface area contributed by atoms with E-state index in [4.69, 9.17) is 0 Å². The van der Waals surface area contributed by atoms with Crippen molar-refractivity contribution in [1.29, 1.82) is 0 Å². The highest BCUT2D eigenvalue weighted by atomic mass is 19.1. The molecule has 0 atom stereocenters. The van der Waals surface area contributed by atoms with Gasteiger partial charge in [0.15, 0.2) is 0 Å². The number of benzene rings is 2. The van der Waals surface area contributed by atoms with E-state index in [0.717, 1.165) is 6.42 Å². The van der Waals surface area contributed by atoms with Crippen molar-refractivity contribution in [3.63, 3.8) is 0 Å². The van der Waals surface area contributed by atoms with Crippen molar-refractivity contribution in [1.82, 2.24) is 10.2 Å². The van der Waals surface area contributed by atoms with Gasteiger partial charge in [-0.15, -0.1) is 0 Å². The number of halogens is 1. The van der Waals surface area contributed by atoms with E-state index in [9.17, 15) is 14.0 Å². The van der Waals surface area contributed by atoms with Crippen LogP contribution in [0.15, 0.2) is 48.5 Å². The highest BCUT2D eigenvalue weighted by Gasteiger charge is 2.26. The fourth-order valence-electron chi connectivity index (χ4n) is 3.83. The second kappa shape index (κ2) is 10.2. The second-order valence-electron chi connectivity index (χ2n) is 7.78. The smallest absolute Gasteiger partial charge is 0.223 e. The predicted molar refractivity (Wildman–Crippen MR) is 112 cm³/mol. The molecule has 3 rings (SSSR count). The number of nitrogens with zero attached hydrogens (tertiary/aromatic N) is 1. The van der Waals surface area contributed by atoms with Gasteiger partial charge in [0.05, 0.1) is 0 Å². The number of nitrogens with one attached hydrogen (secondary N) is 1. The summed E-state index contributed by atoms with van der Waals surface area (Å²) in [5.41, 5.74) is 3.00. The summed E-state index contributed by atoms with van der Waals surface area (Å²) in [6.45, 7) is 3.73. The lowest BCUT2D eigenvalue weighted by atomic mass is 9.95. The molecule has 1 heterocycles. The van der Waals surface area contributed by atoms with Crippen molar-refractivity contribution in [3.8, 4) is 0 Å². The SMILES string of the molecule is Cc1cccc(CCC(=O)N2CCC(C(=O)NCCc3ccccc3F)CC2)c1. The van der Waals surface area contributed by atoms with Crippen LogP contribution in [0.25, 0.3) is 0 Å². The van der Waals surface area contributed by atoms with Gasteiger partial charge in [0, 0.05) is 32.0 Å². The minimum absolute atomic E-state index is 0.00759. The summed E-state index contributed by atoms with van der Waals surface area (Å²) in [6, 6.07) is 14.9. The Hall–Kier alpha value is -2.69. The van der Waals surface area contributed by atoms with Gasteiger partial charge in [0.25, 0.3) is 0 Å². The van der Waals surface area contributed by atoms with E-state index in [1.165, 1.54) is 17.2 Å². The first-order valence-corrected chi connectivity index (χ1v) is 10.4. The number of carbonyl (C=O) groups excluding carboxylic acids is 2. The van der Waals surface area contributed by atoms with Crippen LogP contribution in [0.4, 0.5) is 4.39 Å². The normalized spacial score (nSPS) is 14.6. The van der Waals surface area contributed by atoms with E-state index < -0.39 is 0 Å². The van der Waals surface area contributed by atoms with Gasteiger partial charge in [-0.25, -0.2) is 4.39 Å². The van der Waals surface area contributed by atoms with Crippen LogP contribution in [0.3, 0.4) is 0 Å². The molecule has 2 amide bonds. The van der Waals surface area contributed by atoms with Crippen molar-refractivity contribution in [2.45, 2.75) is 39.0 Å². The molecule has 0 radical (unpaired) electrons. The standard InChI is InChI=1S/C24H29FN2O2/c1-18-5-4-6-19(17-18)9-10-23(28)27-15-12-21(13-16-27)24(29)26-14-11-20-7-2-3-8-22(20)25/h2-8,17,21H,9-16H2,1H3,(H,26,29). The number of amides is 2. The molecule has 1 aliphatic heterocycles. The topological polar surface area (TPSA) is 49.4 Å². The van der Waals surface area contributed by atoms with Gasteiger partial charge in [-0.05, 0) is 49.8 Å². The van der Waals surface area contributed by atoms with Crippen LogP contribution in [0, 0.1) is 18.7 Å². The Morgan fingerprint density at radius 3 is 2.55 bits per heavy atom. The number of aryl methyl sites for hydroxylation is 2. The first-order valence-electron chi connectivity index (χ1n) is 10.4. The van der Waals surface area contributed by atoms with Crippen LogP contribution in [-0.4, -0.2) is 36.3 Å². The molecule has 0 spiro atoms. The molecule has 1 saturated heterocycles. The number of piperidine rings is 1. The van der Waals surface area contributed by atoms with Gasteiger partial charge >= 0.3 is 0 Å². The quantitative estimate of drug-likeness (QED) is 0.776. The van der Waals surface area contributed by atoms with E-state index in [2.05, 4.69) is 30.4 Å². The third kappa shape index (κ3) is 6.14. The number of likely N-dealkylation sites (tertiary alicyclic amines) is 1. The molecule has 0 aliphatic carbocycles. The molecule has 5 heteroatoms. The third-order valence-corrected chi connectivity index (χ3v) is 5.58. The summed E-state index contributed by atoms with van der Waals surface area (Å²) in [6.07, 6.45) is 3.10. The zero-order valence-corrected chi connectivity index (χ0v) is 17.0. The van der Waals surface area contributed by atoms with Gasteiger partial charge < -0.3 is 10.2 Å². The monoisotopic (exact) mass is 396 g/mol. The summed E-state index contributed by atoms with van der Waals surface area (Å²) in [5.74, 6) is -0.145. The Kier molecular flexibility index (Phi) is 7.39. The molecule has 29 heavy (non-hydrogen) atoms. The number of hydrogen-bond acceptors (Lipinski definition) is 2. The summed E-state index contributed by atoms with van der Waals surface area (Å²) in [4.78, 5) is 26.7. The predicted octanol–water partition coefficient (Wildman–Crippen LogP) is 3.66. The van der Waals surface area contributed by atoms with Crippen LogP contribution < -0.4 is 5.32 Å². The highest BCUT2D eigenvalue weighted by Crippen LogP contribution is 2.19. The lowest BCUT2D eigenvalue weighted by Crippen LogP contribution is -2.43. The van der Waals surface area contributed by atoms with Crippen molar-refractivity contribution in [3.05, 3.63) is 71.0 Å². The zero-order chi connectivity index (χ0) is 20.6. The summed E-state index contributed by atoms with van der Waals surface area (Å²) >= 11 is 0. The van der Waals surface area contributed by atoms with Crippen molar-refractivity contribution < 1.29 is 14.0 Å². The van der Waals surface area contributed by atoms with Crippen LogP contribution in [0.1, 0.15) is 36.0 Å². The maximum atomic E-state index is 13.6. The van der Waals surface area contributed by atoms with Crippen molar-refractivity contribution in [2.75, 3.05) is 19.6 Å². The zero-order valence-electron chi connectivity index (χ0n) is 17.0. The maximum Gasteiger partial charge on any atom is 0.223 e. The van der Waals surface area contributed by atoms with Gasteiger partial charge in [0.1, 0.15) is 5.82 Å². The largest absolute Gasteiger partial charge is 0.356 e. The first-order chi connectivity index (χ1) is 14.0. The van der Waals surface area contributed by atoms with Crippen molar-refractivity contribution in [2.24, 2.45) is 5.92 Å². The van der Waals surface area contributed by atoms with E-state index in [1.54, 1.807) is 18.2 Å². The lowest BCUT2D eigenvalue weighted by molar-refractivity contribution is -0.135. The Morgan fingerprint density at radius 2 is 1.83 bits per heavy atom. The molecule has 1 fully saturated rings. The number of hydrogen-bond donors (Lipinski definition) is 1. The third-order valence-electron chi connectivity index (χ3n) is 5.58. The summed E-state index contributed by atoms with van der Waals surface area (Å²) < 4.78 is 13.6. The van der Waals surface area contributed by atoms with Gasteiger partial charge in [-0.1, -0.05) is 48.0 Å². The Balaban J connectivity index is 1.37. The van der Waals surface area contributed by atoms with E-state index in [1.807, 2.05) is 11.0 Å². The Morgan fingerprint density at radius 1 is 1.07 bits per heavy atom. The summed E-state index contributed by atoms with van der Waals surface area (Å²) in [5, 5.41) is 2.92. The molecule has 0 bridgehead atoms. The van der Waals surface area contributed by atoms with Gasteiger partial charge in [-0.2, -0.15) is 0 Å². The van der Waals surface area contributed by atoms with E-state index in [-0.39, 0.29) is 23.5 Å². The minimum Gasteiger partial charge on any atom is -0.356 e. The molecule has 4 nitrogen and oxygen atoms in total. The highest BCUT2D eigenvalue weighted by molar-refractivity contribution is 5.80. The molecule has 0 aromatic heterocycles. The van der Waals surface area contributed by atoms with Gasteiger partial charge in [-0.3, -0.25) is 9.59 Å². The Labute approximate surface area is 172 Å². The first kappa shape index (κ1) is 21.0. The van der Waals surface area contributed by atoms with Crippen LogP contribution in [0.5, 0.6) is 0 Å². The molecule has 0 saturated carbocycles. The average Bonchev–Trinajstić information content (AvgIpc) is 2.73. The molecule has 1 aliphatic rings. The van der Waals surface area contributed by atoms with E-state index >= 15 is 0 Å². The fraction of sp³-hybridized carbons (Fsp3) is 0.417. The molecular weight excluding hydrogens is 367 g/mol. The molecular formula is C24H29FN2O2. The molecule has 2 aromatic carbocycles. The maximum absolute atomic E-state index is 13.6.